The Bertz CT molecular complexity index is 453. The summed E-state index contributed by atoms with van der Waals surface area (Å²) in [5.41, 5.74) is 2.73. The van der Waals surface area contributed by atoms with Crippen molar-refractivity contribution >= 4 is 5.97 Å². The van der Waals surface area contributed by atoms with Gasteiger partial charge in [-0.1, -0.05) is 18.2 Å². The molecule has 0 spiro atoms. The zero-order chi connectivity index (χ0) is 13.2. The van der Waals surface area contributed by atoms with E-state index in [0.29, 0.717) is 13.0 Å². The lowest BCUT2D eigenvalue weighted by Gasteiger charge is -2.25. The number of hydrogen-bond acceptors (Lipinski definition) is 2. The van der Waals surface area contributed by atoms with Crippen LogP contribution in [0.4, 0.5) is 0 Å². The van der Waals surface area contributed by atoms with Crippen LogP contribution in [0.2, 0.25) is 0 Å². The van der Waals surface area contributed by atoms with Crippen molar-refractivity contribution in [2.45, 2.75) is 38.0 Å². The Labute approximate surface area is 108 Å². The number of methoxy groups -OCH3 is 1. The molecule has 0 fully saturated rings. The molecule has 0 saturated carbocycles. The van der Waals surface area contributed by atoms with Gasteiger partial charge in [-0.05, 0) is 49.3 Å². The third-order valence-corrected chi connectivity index (χ3v) is 4.01. The van der Waals surface area contributed by atoms with E-state index in [1.807, 2.05) is 6.07 Å². The maximum atomic E-state index is 11.6. The van der Waals surface area contributed by atoms with Crippen molar-refractivity contribution in [2.24, 2.45) is 0 Å². The van der Waals surface area contributed by atoms with Crippen LogP contribution in [0.25, 0.3) is 0 Å². The van der Waals surface area contributed by atoms with E-state index in [0.717, 1.165) is 18.4 Å². The molecule has 1 aliphatic rings. The minimum atomic E-state index is -0.854. The van der Waals surface area contributed by atoms with Crippen molar-refractivity contribution in [3.63, 3.8) is 0 Å². The van der Waals surface area contributed by atoms with E-state index in [4.69, 9.17) is 4.74 Å². The van der Waals surface area contributed by atoms with Crippen molar-refractivity contribution in [2.75, 3.05) is 13.7 Å². The van der Waals surface area contributed by atoms with Crippen LogP contribution < -0.4 is 0 Å². The molecular formula is C15H20O3. The number of carboxylic acids is 1. The summed E-state index contributed by atoms with van der Waals surface area (Å²) in [6.07, 6.45) is 3.87. The Hall–Kier alpha value is -1.35. The number of carboxylic acid groups (broad SMARTS) is 1. The molecule has 18 heavy (non-hydrogen) atoms. The normalized spacial score (nSPS) is 17.2. The first-order chi connectivity index (χ1) is 8.58. The van der Waals surface area contributed by atoms with Gasteiger partial charge in [0.25, 0.3) is 0 Å². The van der Waals surface area contributed by atoms with Crippen LogP contribution in [0, 0.1) is 0 Å². The predicted molar refractivity (Wildman–Crippen MR) is 69.9 cm³/mol. The van der Waals surface area contributed by atoms with Crippen molar-refractivity contribution in [1.82, 2.24) is 0 Å². The molecule has 2 rings (SSSR count). The molecule has 1 aromatic rings. The molecule has 3 heteroatoms. The van der Waals surface area contributed by atoms with Gasteiger partial charge in [-0.25, -0.2) is 0 Å². The average molecular weight is 248 g/mol. The van der Waals surface area contributed by atoms with Gasteiger partial charge in [0, 0.05) is 13.7 Å². The Morgan fingerprint density at radius 1 is 1.39 bits per heavy atom. The number of benzene rings is 1. The van der Waals surface area contributed by atoms with Gasteiger partial charge in [0.05, 0.1) is 5.41 Å². The Kier molecular flexibility index (Phi) is 3.71. The Morgan fingerprint density at radius 3 is 2.78 bits per heavy atom. The number of rotatable bonds is 5. The van der Waals surface area contributed by atoms with Gasteiger partial charge in [0.15, 0.2) is 0 Å². The molecule has 0 saturated heterocycles. The maximum absolute atomic E-state index is 11.6. The molecule has 1 aliphatic carbocycles. The van der Waals surface area contributed by atoms with Crippen molar-refractivity contribution < 1.29 is 14.6 Å². The van der Waals surface area contributed by atoms with Gasteiger partial charge in [-0.2, -0.15) is 0 Å². The van der Waals surface area contributed by atoms with E-state index in [9.17, 15) is 9.90 Å². The average Bonchev–Trinajstić information content (AvgIpc) is 2.82. The van der Waals surface area contributed by atoms with E-state index in [-0.39, 0.29) is 0 Å². The van der Waals surface area contributed by atoms with E-state index in [1.165, 1.54) is 17.5 Å². The fourth-order valence-corrected chi connectivity index (χ4v) is 2.60. The standard InChI is InChI=1S/C15H20O3/c1-15(14(16)17,8-9-18-2)13-7-6-11-4-3-5-12(11)10-13/h6-7,10H,3-5,8-9H2,1-2H3,(H,16,17). The first-order valence-electron chi connectivity index (χ1n) is 6.42. The van der Waals surface area contributed by atoms with E-state index < -0.39 is 11.4 Å². The zero-order valence-electron chi connectivity index (χ0n) is 11.0. The van der Waals surface area contributed by atoms with Crippen LogP contribution in [0.5, 0.6) is 0 Å². The topological polar surface area (TPSA) is 46.5 Å². The maximum Gasteiger partial charge on any atom is 0.313 e. The Balaban J connectivity index is 2.33. The number of ether oxygens (including phenoxy) is 1. The highest BCUT2D eigenvalue weighted by Gasteiger charge is 2.35. The molecule has 0 radical (unpaired) electrons. The molecule has 0 bridgehead atoms. The molecule has 3 nitrogen and oxygen atoms in total. The van der Waals surface area contributed by atoms with Gasteiger partial charge in [-0.3, -0.25) is 4.79 Å². The van der Waals surface area contributed by atoms with Gasteiger partial charge in [0.1, 0.15) is 0 Å². The second kappa shape index (κ2) is 5.11. The van der Waals surface area contributed by atoms with E-state index in [1.54, 1.807) is 14.0 Å². The number of aryl methyl sites for hydroxylation is 2. The molecule has 1 aromatic carbocycles. The summed E-state index contributed by atoms with van der Waals surface area (Å²) in [7, 11) is 1.60. The van der Waals surface area contributed by atoms with Crippen LogP contribution in [0.15, 0.2) is 18.2 Å². The molecule has 1 atom stereocenters. The van der Waals surface area contributed by atoms with Crippen molar-refractivity contribution in [3.05, 3.63) is 34.9 Å². The second-order valence-corrected chi connectivity index (χ2v) is 5.22. The lowest BCUT2D eigenvalue weighted by Crippen LogP contribution is -2.33. The van der Waals surface area contributed by atoms with Crippen LogP contribution in [-0.4, -0.2) is 24.8 Å². The summed E-state index contributed by atoms with van der Waals surface area (Å²) in [6.45, 7) is 2.24. The Morgan fingerprint density at radius 2 is 2.11 bits per heavy atom. The molecular weight excluding hydrogens is 228 g/mol. The quantitative estimate of drug-likeness (QED) is 0.871. The molecule has 1 unspecified atom stereocenters. The summed E-state index contributed by atoms with van der Waals surface area (Å²) >= 11 is 0. The molecule has 1 N–H and O–H groups in total. The zero-order valence-corrected chi connectivity index (χ0v) is 11.0. The summed E-state index contributed by atoms with van der Waals surface area (Å²) in [6, 6.07) is 6.13. The summed E-state index contributed by atoms with van der Waals surface area (Å²) in [5.74, 6) is -0.780. The van der Waals surface area contributed by atoms with Crippen molar-refractivity contribution in [1.29, 1.82) is 0 Å². The first-order valence-corrected chi connectivity index (χ1v) is 6.42. The van der Waals surface area contributed by atoms with Gasteiger partial charge in [0.2, 0.25) is 0 Å². The first kappa shape index (κ1) is 13.1. The molecule has 0 amide bonds. The fourth-order valence-electron chi connectivity index (χ4n) is 2.60. The van der Waals surface area contributed by atoms with E-state index in [2.05, 4.69) is 12.1 Å². The summed E-state index contributed by atoms with van der Waals surface area (Å²) in [4.78, 5) is 11.6. The summed E-state index contributed by atoms with van der Waals surface area (Å²) < 4.78 is 5.04. The minimum absolute atomic E-state index is 0.458. The number of carbonyl (C=O) groups is 1. The van der Waals surface area contributed by atoms with Crippen LogP contribution >= 0.6 is 0 Å². The lowest BCUT2D eigenvalue weighted by atomic mass is 9.79. The highest BCUT2D eigenvalue weighted by Crippen LogP contribution is 2.32. The third-order valence-electron chi connectivity index (χ3n) is 4.01. The molecule has 98 valence electrons. The van der Waals surface area contributed by atoms with Crippen molar-refractivity contribution in [3.8, 4) is 0 Å². The predicted octanol–water partition coefficient (Wildman–Crippen LogP) is 2.55. The van der Waals surface area contributed by atoms with Crippen LogP contribution in [-0.2, 0) is 27.8 Å². The van der Waals surface area contributed by atoms with E-state index >= 15 is 0 Å². The molecule has 0 aromatic heterocycles. The van der Waals surface area contributed by atoms with Crippen LogP contribution in [0.1, 0.15) is 36.5 Å². The highest BCUT2D eigenvalue weighted by molar-refractivity contribution is 5.81. The number of fused-ring (bicyclic) bond motifs is 1. The fraction of sp³-hybridized carbons (Fsp3) is 0.533. The second-order valence-electron chi connectivity index (χ2n) is 5.22. The molecule has 0 heterocycles. The van der Waals surface area contributed by atoms with Crippen LogP contribution in [0.3, 0.4) is 0 Å². The monoisotopic (exact) mass is 248 g/mol. The number of aliphatic carboxylic acids is 1. The SMILES string of the molecule is COCCC(C)(C(=O)O)c1ccc2c(c1)CCC2. The molecule has 0 aliphatic heterocycles. The van der Waals surface area contributed by atoms with Gasteiger partial charge in [-0.15, -0.1) is 0 Å². The lowest BCUT2D eigenvalue weighted by molar-refractivity contribution is -0.143. The van der Waals surface area contributed by atoms with Gasteiger partial charge >= 0.3 is 5.97 Å². The smallest absolute Gasteiger partial charge is 0.313 e. The minimum Gasteiger partial charge on any atom is -0.481 e. The highest BCUT2D eigenvalue weighted by atomic mass is 16.5. The number of hydrogen-bond donors (Lipinski definition) is 1. The third kappa shape index (κ3) is 2.27. The summed E-state index contributed by atoms with van der Waals surface area (Å²) in [5, 5.41) is 9.51. The largest absolute Gasteiger partial charge is 0.481 e. The van der Waals surface area contributed by atoms with Gasteiger partial charge < -0.3 is 9.84 Å².